The normalized spacial score (nSPS) is 11.1. The second-order valence-electron chi connectivity index (χ2n) is 2.68. The van der Waals surface area contributed by atoms with Crippen molar-refractivity contribution in [3.8, 4) is 0 Å². The molecule has 2 rings (SSSR count). The summed E-state index contributed by atoms with van der Waals surface area (Å²) >= 11 is 0. The van der Waals surface area contributed by atoms with Gasteiger partial charge in [0.05, 0.1) is 5.56 Å². The van der Waals surface area contributed by atoms with Gasteiger partial charge in [0.25, 0.3) is 12.0 Å². The molecule has 0 saturated heterocycles. The van der Waals surface area contributed by atoms with Gasteiger partial charge in [-0.15, -0.1) is 0 Å². The Kier molecular flexibility index (Phi) is 1.95. The van der Waals surface area contributed by atoms with Gasteiger partial charge in [-0.2, -0.15) is 0 Å². The lowest BCUT2D eigenvalue weighted by molar-refractivity contribution is 0.150. The fourth-order valence-electron chi connectivity index (χ4n) is 1.13. The van der Waals surface area contributed by atoms with Gasteiger partial charge in [0.2, 0.25) is 0 Å². The molecule has 0 fully saturated rings. The van der Waals surface area contributed by atoms with Crippen LogP contribution in [0.1, 0.15) is 12.0 Å². The van der Waals surface area contributed by atoms with E-state index < -0.39 is 17.5 Å². The highest BCUT2D eigenvalue weighted by Crippen LogP contribution is 2.16. The van der Waals surface area contributed by atoms with Gasteiger partial charge in [-0.25, -0.2) is 18.7 Å². The Morgan fingerprint density at radius 1 is 1.43 bits per heavy atom. The number of hydrogen-bond donors (Lipinski definition) is 1. The summed E-state index contributed by atoms with van der Waals surface area (Å²) in [7, 11) is 0. The topological polar surface area (TPSA) is 58.6 Å². The third kappa shape index (κ3) is 1.34. The van der Waals surface area contributed by atoms with Crippen LogP contribution in [0.25, 0.3) is 11.0 Å². The highest BCUT2D eigenvalue weighted by atomic mass is 19.3. The van der Waals surface area contributed by atoms with Crippen LogP contribution in [0.5, 0.6) is 0 Å². The van der Waals surface area contributed by atoms with Gasteiger partial charge >= 0.3 is 0 Å². The van der Waals surface area contributed by atoms with Crippen LogP contribution in [-0.2, 0) is 0 Å². The number of pyridine rings is 1. The lowest BCUT2D eigenvalue weighted by Crippen LogP contribution is -2.13. The van der Waals surface area contributed by atoms with Crippen molar-refractivity contribution in [2.24, 2.45) is 0 Å². The van der Waals surface area contributed by atoms with E-state index in [2.05, 4.69) is 15.0 Å². The van der Waals surface area contributed by atoms with E-state index in [1.807, 2.05) is 0 Å². The first-order valence-electron chi connectivity index (χ1n) is 3.79. The minimum Gasteiger partial charge on any atom is -0.306 e. The Bertz CT molecular complexity index is 523. The first-order chi connectivity index (χ1) is 6.68. The zero-order chi connectivity index (χ0) is 10.1. The summed E-state index contributed by atoms with van der Waals surface area (Å²) in [4.78, 5) is 20.7. The van der Waals surface area contributed by atoms with Crippen molar-refractivity contribution in [1.82, 2.24) is 15.0 Å². The molecule has 1 N–H and O–H groups in total. The average Bonchev–Trinajstić information content (AvgIpc) is 2.16. The molecule has 0 atom stereocenters. The van der Waals surface area contributed by atoms with E-state index in [0.29, 0.717) is 5.39 Å². The summed E-state index contributed by atoms with van der Waals surface area (Å²) in [5.41, 5.74) is -1.12. The maximum atomic E-state index is 12.3. The molecular weight excluding hydrogens is 192 g/mol. The Morgan fingerprint density at radius 3 is 2.93 bits per heavy atom. The first-order valence-corrected chi connectivity index (χ1v) is 3.79. The van der Waals surface area contributed by atoms with Gasteiger partial charge in [0.1, 0.15) is 12.0 Å². The van der Waals surface area contributed by atoms with Crippen molar-refractivity contribution in [3.63, 3.8) is 0 Å². The van der Waals surface area contributed by atoms with Crippen LogP contribution < -0.4 is 5.56 Å². The number of hydrogen-bond acceptors (Lipinski definition) is 3. The third-order valence-corrected chi connectivity index (χ3v) is 1.78. The van der Waals surface area contributed by atoms with Crippen molar-refractivity contribution in [1.29, 1.82) is 0 Å². The first kappa shape index (κ1) is 8.74. The molecule has 0 aromatic carbocycles. The summed E-state index contributed by atoms with van der Waals surface area (Å²) in [6, 6.07) is 1.10. The largest absolute Gasteiger partial charge is 0.306 e. The molecule has 0 amide bonds. The molecule has 0 aliphatic carbocycles. The summed E-state index contributed by atoms with van der Waals surface area (Å²) < 4.78 is 24.6. The van der Waals surface area contributed by atoms with Crippen LogP contribution in [0.4, 0.5) is 8.78 Å². The second kappa shape index (κ2) is 3.13. The quantitative estimate of drug-likeness (QED) is 0.748. The maximum absolute atomic E-state index is 12.3. The summed E-state index contributed by atoms with van der Waals surface area (Å²) in [5.74, 6) is 0. The minimum atomic E-state index is -2.79. The van der Waals surface area contributed by atoms with E-state index in [0.717, 1.165) is 6.07 Å². The van der Waals surface area contributed by atoms with Crippen LogP contribution in [-0.4, -0.2) is 15.0 Å². The molecule has 6 heteroatoms. The van der Waals surface area contributed by atoms with E-state index in [4.69, 9.17) is 0 Å². The van der Waals surface area contributed by atoms with Gasteiger partial charge in [-0.1, -0.05) is 0 Å². The lowest BCUT2D eigenvalue weighted by Gasteiger charge is -1.99. The molecule has 0 aliphatic rings. The molecule has 2 heterocycles. The molecule has 0 unspecified atom stereocenters. The molecule has 4 nitrogen and oxygen atoms in total. The highest BCUT2D eigenvalue weighted by Gasteiger charge is 2.12. The standard InChI is InChI=1S/C8H5F2N3O/c9-6(10)5-1-4-2-11-3-12-7(4)13-8(5)14/h1-3,6H,(H,11,12,13,14). The predicted octanol–water partition coefficient (Wildman–Crippen LogP) is 1.26. The number of aromatic amines is 1. The number of alkyl halides is 2. The van der Waals surface area contributed by atoms with Gasteiger partial charge in [-0.05, 0) is 6.07 Å². The van der Waals surface area contributed by atoms with E-state index in [1.54, 1.807) is 0 Å². The smallest absolute Gasteiger partial charge is 0.269 e. The monoisotopic (exact) mass is 197 g/mol. The fraction of sp³-hybridized carbons (Fsp3) is 0.125. The number of nitrogens with zero attached hydrogens (tertiary/aromatic N) is 2. The summed E-state index contributed by atoms with van der Waals surface area (Å²) in [5, 5.41) is 0.391. The number of aromatic nitrogens is 3. The summed E-state index contributed by atoms with van der Waals surface area (Å²) in [6.45, 7) is 0. The molecule has 14 heavy (non-hydrogen) atoms. The fourth-order valence-corrected chi connectivity index (χ4v) is 1.13. The zero-order valence-electron chi connectivity index (χ0n) is 6.87. The zero-order valence-corrected chi connectivity index (χ0v) is 6.87. The van der Waals surface area contributed by atoms with Crippen molar-refractivity contribution in [2.45, 2.75) is 6.43 Å². The minimum absolute atomic E-state index is 0.259. The van der Waals surface area contributed by atoms with Crippen LogP contribution in [0, 0.1) is 0 Å². The Labute approximate surface area is 76.6 Å². The van der Waals surface area contributed by atoms with Crippen molar-refractivity contribution >= 4 is 11.0 Å². The number of halogens is 2. The third-order valence-electron chi connectivity index (χ3n) is 1.78. The molecule has 0 aliphatic heterocycles. The molecule has 72 valence electrons. The Balaban J connectivity index is 2.78. The molecule has 0 saturated carbocycles. The number of nitrogens with one attached hydrogen (secondary N) is 1. The van der Waals surface area contributed by atoms with Gasteiger partial charge in [0.15, 0.2) is 0 Å². The van der Waals surface area contributed by atoms with Crippen LogP contribution in [0.2, 0.25) is 0 Å². The molecule has 2 aromatic rings. The summed E-state index contributed by atoms with van der Waals surface area (Å²) in [6.07, 6.45) is -0.187. The average molecular weight is 197 g/mol. The lowest BCUT2D eigenvalue weighted by atomic mass is 10.2. The SMILES string of the molecule is O=c1[nH]c2ncncc2cc1C(F)F. The molecule has 2 aromatic heterocycles. The van der Waals surface area contributed by atoms with Gasteiger partial charge in [-0.3, -0.25) is 4.79 Å². The van der Waals surface area contributed by atoms with Crippen molar-refractivity contribution in [3.05, 3.63) is 34.5 Å². The Hall–Kier alpha value is -1.85. The maximum Gasteiger partial charge on any atom is 0.269 e. The number of rotatable bonds is 1. The molecular formula is C8H5F2N3O. The van der Waals surface area contributed by atoms with Crippen LogP contribution in [0.15, 0.2) is 23.4 Å². The second-order valence-corrected chi connectivity index (χ2v) is 2.68. The van der Waals surface area contributed by atoms with Crippen LogP contribution >= 0.6 is 0 Å². The number of H-pyrrole nitrogens is 1. The van der Waals surface area contributed by atoms with Crippen molar-refractivity contribution in [2.75, 3.05) is 0 Å². The molecule has 0 bridgehead atoms. The molecule has 0 spiro atoms. The van der Waals surface area contributed by atoms with Crippen molar-refractivity contribution < 1.29 is 8.78 Å². The Morgan fingerprint density at radius 2 is 2.21 bits per heavy atom. The van der Waals surface area contributed by atoms with Gasteiger partial charge < -0.3 is 4.98 Å². The molecule has 0 radical (unpaired) electrons. The predicted molar refractivity (Wildman–Crippen MR) is 45.1 cm³/mol. The highest BCUT2D eigenvalue weighted by molar-refractivity contribution is 5.73. The van der Waals surface area contributed by atoms with E-state index >= 15 is 0 Å². The van der Waals surface area contributed by atoms with Crippen LogP contribution in [0.3, 0.4) is 0 Å². The number of fused-ring (bicyclic) bond motifs is 1. The van der Waals surface area contributed by atoms with E-state index in [1.165, 1.54) is 12.5 Å². The van der Waals surface area contributed by atoms with E-state index in [9.17, 15) is 13.6 Å². The van der Waals surface area contributed by atoms with E-state index in [-0.39, 0.29) is 5.65 Å². The van der Waals surface area contributed by atoms with Gasteiger partial charge in [0, 0.05) is 11.6 Å².